The average molecular weight is 208 g/mol. The number of rotatable bonds is 0. The molecule has 0 amide bonds. The van der Waals surface area contributed by atoms with Crippen LogP contribution in [0.4, 0.5) is 0 Å². The summed E-state index contributed by atoms with van der Waals surface area (Å²) in [6.07, 6.45) is 14.0. The third-order valence-corrected chi connectivity index (χ3v) is 3.13. The highest BCUT2D eigenvalue weighted by atomic mass is 16.1. The van der Waals surface area contributed by atoms with Gasteiger partial charge in [-0.25, -0.2) is 0 Å². The Hall–Kier alpha value is -0.590. The van der Waals surface area contributed by atoms with Crippen LogP contribution < -0.4 is 0 Å². The third-order valence-electron chi connectivity index (χ3n) is 3.13. The predicted molar refractivity (Wildman–Crippen MR) is 64.9 cm³/mol. The van der Waals surface area contributed by atoms with E-state index in [1.807, 2.05) is 0 Å². The Morgan fingerprint density at radius 2 is 1.53 bits per heavy atom. The molecule has 0 aromatic carbocycles. The fourth-order valence-electron chi connectivity index (χ4n) is 2.17. The number of ketones is 1. The molecule has 0 unspecified atom stereocenters. The van der Waals surface area contributed by atoms with Crippen LogP contribution in [0.5, 0.6) is 0 Å². The van der Waals surface area contributed by atoms with Gasteiger partial charge in [0.05, 0.1) is 0 Å². The van der Waals surface area contributed by atoms with Crippen molar-refractivity contribution in [3.63, 3.8) is 0 Å². The summed E-state index contributed by atoms with van der Waals surface area (Å²) in [6.45, 7) is 2.09. The van der Waals surface area contributed by atoms with Crippen molar-refractivity contribution in [3.8, 4) is 0 Å². The van der Waals surface area contributed by atoms with Crippen LogP contribution in [0.25, 0.3) is 0 Å². The Morgan fingerprint density at radius 1 is 0.933 bits per heavy atom. The van der Waals surface area contributed by atoms with Gasteiger partial charge in [-0.3, -0.25) is 4.79 Å². The van der Waals surface area contributed by atoms with E-state index >= 15 is 0 Å². The summed E-state index contributed by atoms with van der Waals surface area (Å²) in [5.74, 6) is 0.433. The fourth-order valence-corrected chi connectivity index (χ4v) is 2.17. The second-order valence-electron chi connectivity index (χ2n) is 4.78. The van der Waals surface area contributed by atoms with Gasteiger partial charge in [-0.05, 0) is 26.2 Å². The predicted octanol–water partition coefficient (Wildman–Crippen LogP) is 4.42. The molecule has 0 bridgehead atoms. The molecule has 1 aliphatic carbocycles. The van der Waals surface area contributed by atoms with Crippen LogP contribution in [0.1, 0.15) is 71.1 Å². The van der Waals surface area contributed by atoms with Crippen LogP contribution in [0.3, 0.4) is 0 Å². The summed E-state index contributed by atoms with van der Waals surface area (Å²) in [4.78, 5) is 11.6. The van der Waals surface area contributed by atoms with Gasteiger partial charge in [0, 0.05) is 12.8 Å². The maximum absolute atomic E-state index is 11.6. The highest BCUT2D eigenvalue weighted by Crippen LogP contribution is 2.14. The molecule has 0 spiro atoms. The van der Waals surface area contributed by atoms with E-state index in [1.54, 1.807) is 0 Å². The molecule has 1 aliphatic rings. The summed E-state index contributed by atoms with van der Waals surface area (Å²) in [5, 5.41) is 0. The van der Waals surface area contributed by atoms with E-state index in [2.05, 4.69) is 13.0 Å². The van der Waals surface area contributed by atoms with Gasteiger partial charge in [-0.2, -0.15) is 0 Å². The van der Waals surface area contributed by atoms with Crippen molar-refractivity contribution in [1.29, 1.82) is 0 Å². The number of hydrogen-bond acceptors (Lipinski definition) is 1. The maximum atomic E-state index is 11.6. The van der Waals surface area contributed by atoms with E-state index in [-0.39, 0.29) is 0 Å². The van der Waals surface area contributed by atoms with Crippen molar-refractivity contribution in [1.82, 2.24) is 0 Å². The number of carbonyl (C=O) groups is 1. The fraction of sp³-hybridized carbons (Fsp3) is 0.786. The minimum absolute atomic E-state index is 0.433. The lowest BCUT2D eigenvalue weighted by atomic mass is 10.0. The van der Waals surface area contributed by atoms with Crippen LogP contribution in [0, 0.1) is 0 Å². The lowest BCUT2D eigenvalue weighted by Gasteiger charge is -2.01. The molecule has 1 nitrogen and oxygen atoms in total. The maximum Gasteiger partial charge on any atom is 0.136 e. The zero-order valence-electron chi connectivity index (χ0n) is 10.1. The Balaban J connectivity index is 2.36. The monoisotopic (exact) mass is 208 g/mol. The second kappa shape index (κ2) is 7.67. The van der Waals surface area contributed by atoms with E-state index in [0.29, 0.717) is 12.2 Å². The minimum atomic E-state index is 0.433. The molecule has 1 rings (SSSR count). The third kappa shape index (κ3) is 6.48. The first-order chi connectivity index (χ1) is 7.29. The summed E-state index contributed by atoms with van der Waals surface area (Å²) in [7, 11) is 0. The Bertz CT molecular complexity index is 215. The average Bonchev–Trinajstić information content (AvgIpc) is 2.21. The van der Waals surface area contributed by atoms with Gasteiger partial charge in [-0.1, -0.05) is 43.8 Å². The lowest BCUT2D eigenvalue weighted by Crippen LogP contribution is -1.98. The van der Waals surface area contributed by atoms with Crippen molar-refractivity contribution in [3.05, 3.63) is 11.6 Å². The quantitative estimate of drug-likeness (QED) is 0.539. The molecule has 15 heavy (non-hydrogen) atoms. The van der Waals surface area contributed by atoms with Gasteiger partial charge in [0.1, 0.15) is 5.78 Å². The molecule has 0 radical (unpaired) electrons. The van der Waals surface area contributed by atoms with E-state index in [0.717, 1.165) is 12.8 Å². The standard InChI is InChI=1S/C14H24O/c1-13-10-8-6-4-2-3-5-7-9-11-14(15)12-13/h10H,2-9,11-12H2,1H3/b13-10-. The van der Waals surface area contributed by atoms with Crippen molar-refractivity contribution < 1.29 is 4.79 Å². The zero-order chi connectivity index (χ0) is 10.9. The van der Waals surface area contributed by atoms with Gasteiger partial charge in [-0.15, -0.1) is 0 Å². The Labute approximate surface area is 93.9 Å². The van der Waals surface area contributed by atoms with Gasteiger partial charge in [0.15, 0.2) is 0 Å². The minimum Gasteiger partial charge on any atom is -0.299 e. The summed E-state index contributed by atoms with van der Waals surface area (Å²) >= 11 is 0. The van der Waals surface area contributed by atoms with E-state index < -0.39 is 0 Å². The largest absolute Gasteiger partial charge is 0.299 e. The molecular formula is C14H24O. The summed E-state index contributed by atoms with van der Waals surface area (Å²) < 4.78 is 0. The van der Waals surface area contributed by atoms with Crippen LogP contribution in [0.15, 0.2) is 11.6 Å². The van der Waals surface area contributed by atoms with Crippen LogP contribution >= 0.6 is 0 Å². The van der Waals surface area contributed by atoms with Gasteiger partial charge in [0.2, 0.25) is 0 Å². The molecule has 0 saturated heterocycles. The van der Waals surface area contributed by atoms with Gasteiger partial charge >= 0.3 is 0 Å². The van der Waals surface area contributed by atoms with Crippen LogP contribution in [-0.2, 0) is 4.79 Å². The number of carbonyl (C=O) groups excluding carboxylic acids is 1. The SMILES string of the molecule is C/C1=C/CCCCCCCCCC(=O)C1. The first kappa shape index (κ1) is 12.5. The smallest absolute Gasteiger partial charge is 0.136 e. The topological polar surface area (TPSA) is 17.1 Å². The van der Waals surface area contributed by atoms with Crippen LogP contribution in [0.2, 0.25) is 0 Å². The first-order valence-corrected chi connectivity index (χ1v) is 6.46. The van der Waals surface area contributed by atoms with Crippen LogP contribution in [-0.4, -0.2) is 5.78 Å². The van der Waals surface area contributed by atoms with Gasteiger partial charge in [0.25, 0.3) is 0 Å². The molecule has 86 valence electrons. The molecule has 1 heteroatoms. The molecule has 0 atom stereocenters. The molecule has 0 aromatic heterocycles. The normalized spacial score (nSPS) is 25.7. The second-order valence-corrected chi connectivity index (χ2v) is 4.78. The van der Waals surface area contributed by atoms with Crippen molar-refractivity contribution in [2.75, 3.05) is 0 Å². The van der Waals surface area contributed by atoms with E-state index in [4.69, 9.17) is 0 Å². The molecule has 0 saturated carbocycles. The van der Waals surface area contributed by atoms with E-state index in [9.17, 15) is 4.79 Å². The molecule has 0 aromatic rings. The molecule has 0 N–H and O–H groups in total. The summed E-state index contributed by atoms with van der Waals surface area (Å²) in [6, 6.07) is 0. The molecular weight excluding hydrogens is 184 g/mol. The van der Waals surface area contributed by atoms with Gasteiger partial charge < -0.3 is 0 Å². The van der Waals surface area contributed by atoms with Crippen molar-refractivity contribution >= 4 is 5.78 Å². The lowest BCUT2D eigenvalue weighted by molar-refractivity contribution is -0.118. The van der Waals surface area contributed by atoms with Crippen molar-refractivity contribution in [2.24, 2.45) is 0 Å². The Kier molecular flexibility index (Phi) is 6.38. The zero-order valence-corrected chi connectivity index (χ0v) is 10.1. The Morgan fingerprint density at radius 3 is 2.27 bits per heavy atom. The summed E-state index contributed by atoms with van der Waals surface area (Å²) in [5.41, 5.74) is 1.28. The highest BCUT2D eigenvalue weighted by Gasteiger charge is 2.03. The van der Waals surface area contributed by atoms with E-state index in [1.165, 1.54) is 50.5 Å². The van der Waals surface area contributed by atoms with Crippen molar-refractivity contribution in [2.45, 2.75) is 71.1 Å². The number of hydrogen-bond donors (Lipinski definition) is 0. The molecule has 0 aliphatic heterocycles. The number of allylic oxidation sites excluding steroid dienone is 2. The molecule has 0 fully saturated rings. The number of Topliss-reactive ketones (excluding diaryl/α,β-unsaturated/α-hetero) is 1. The highest BCUT2D eigenvalue weighted by molar-refractivity contribution is 5.80. The molecule has 0 heterocycles. The first-order valence-electron chi connectivity index (χ1n) is 6.46.